The maximum Gasteiger partial charge on any atom is 0.248 e. The summed E-state index contributed by atoms with van der Waals surface area (Å²) < 4.78 is 10.3. The minimum Gasteiger partial charge on any atom is -0.493 e. The molecule has 23 heavy (non-hydrogen) atoms. The number of benzene rings is 2. The molecule has 2 rings (SSSR count). The molecule has 0 heterocycles. The quantitative estimate of drug-likeness (QED) is 0.796. The van der Waals surface area contributed by atoms with Gasteiger partial charge in [0, 0.05) is 27.9 Å². The Bertz CT molecular complexity index is 745. The fraction of sp³-hybridized carbons (Fsp3) is 0.118. The van der Waals surface area contributed by atoms with Crippen LogP contribution in [0, 0.1) is 0 Å². The minimum absolute atomic E-state index is 0.289. The standard InChI is InChI=1S/C17H15Cl2NO3/c1-22-15-7-6-13(10-16(15)23-2)20-17(21)8-4-11-3-5-12(18)9-14(11)19/h3-10H,1-2H3,(H,20,21)/b8-4+. The fourth-order valence-electron chi connectivity index (χ4n) is 1.90. The molecule has 6 heteroatoms. The van der Waals surface area contributed by atoms with Crippen molar-refractivity contribution in [3.63, 3.8) is 0 Å². The third-order valence-corrected chi connectivity index (χ3v) is 3.59. The van der Waals surface area contributed by atoms with Crippen LogP contribution in [0.15, 0.2) is 42.5 Å². The topological polar surface area (TPSA) is 47.6 Å². The molecule has 0 saturated carbocycles. The molecule has 4 nitrogen and oxygen atoms in total. The van der Waals surface area contributed by atoms with Gasteiger partial charge in [-0.3, -0.25) is 4.79 Å². The fourth-order valence-corrected chi connectivity index (χ4v) is 2.37. The molecule has 120 valence electrons. The summed E-state index contributed by atoms with van der Waals surface area (Å²) in [4.78, 5) is 12.0. The largest absolute Gasteiger partial charge is 0.493 e. The molecule has 2 aromatic carbocycles. The van der Waals surface area contributed by atoms with E-state index in [2.05, 4.69) is 5.32 Å². The van der Waals surface area contributed by atoms with E-state index in [4.69, 9.17) is 32.7 Å². The zero-order chi connectivity index (χ0) is 16.8. The van der Waals surface area contributed by atoms with Gasteiger partial charge in [-0.15, -0.1) is 0 Å². The van der Waals surface area contributed by atoms with E-state index >= 15 is 0 Å². The number of rotatable bonds is 5. The van der Waals surface area contributed by atoms with Crippen LogP contribution in [0.25, 0.3) is 6.08 Å². The Morgan fingerprint density at radius 3 is 2.43 bits per heavy atom. The average molecular weight is 352 g/mol. The summed E-state index contributed by atoms with van der Waals surface area (Å²) in [7, 11) is 3.08. The van der Waals surface area contributed by atoms with Crippen molar-refractivity contribution < 1.29 is 14.3 Å². The maximum atomic E-state index is 12.0. The van der Waals surface area contributed by atoms with E-state index in [1.165, 1.54) is 13.2 Å². The van der Waals surface area contributed by atoms with Gasteiger partial charge in [0.15, 0.2) is 11.5 Å². The molecule has 1 N–H and O–H groups in total. The predicted molar refractivity (Wildman–Crippen MR) is 93.7 cm³/mol. The molecule has 0 radical (unpaired) electrons. The van der Waals surface area contributed by atoms with E-state index in [0.717, 1.165) is 0 Å². The molecule has 0 spiro atoms. The molecule has 0 bridgehead atoms. The van der Waals surface area contributed by atoms with Gasteiger partial charge in [-0.25, -0.2) is 0 Å². The minimum atomic E-state index is -0.289. The van der Waals surface area contributed by atoms with E-state index in [0.29, 0.717) is 32.8 Å². The van der Waals surface area contributed by atoms with Crippen molar-refractivity contribution in [2.75, 3.05) is 19.5 Å². The Balaban J connectivity index is 2.08. The molecule has 0 unspecified atom stereocenters. The lowest BCUT2D eigenvalue weighted by Crippen LogP contribution is -2.08. The highest BCUT2D eigenvalue weighted by molar-refractivity contribution is 6.35. The van der Waals surface area contributed by atoms with Gasteiger partial charge in [0.2, 0.25) is 5.91 Å². The lowest BCUT2D eigenvalue weighted by atomic mass is 10.2. The predicted octanol–water partition coefficient (Wildman–Crippen LogP) is 4.66. The first-order valence-electron chi connectivity index (χ1n) is 6.69. The molecule has 2 aromatic rings. The number of carbonyl (C=O) groups is 1. The summed E-state index contributed by atoms with van der Waals surface area (Å²) in [5, 5.41) is 3.76. The van der Waals surface area contributed by atoms with Crippen LogP contribution in [0.3, 0.4) is 0 Å². The zero-order valence-electron chi connectivity index (χ0n) is 12.6. The van der Waals surface area contributed by atoms with Crippen molar-refractivity contribution in [1.29, 1.82) is 0 Å². The van der Waals surface area contributed by atoms with Gasteiger partial charge >= 0.3 is 0 Å². The number of halogens is 2. The van der Waals surface area contributed by atoms with Crippen molar-refractivity contribution in [2.24, 2.45) is 0 Å². The van der Waals surface area contributed by atoms with Crippen molar-refractivity contribution >= 4 is 40.9 Å². The Morgan fingerprint density at radius 2 is 1.78 bits per heavy atom. The van der Waals surface area contributed by atoms with Gasteiger partial charge in [0.1, 0.15) is 0 Å². The van der Waals surface area contributed by atoms with Crippen molar-refractivity contribution in [3.05, 3.63) is 58.1 Å². The summed E-state index contributed by atoms with van der Waals surface area (Å²) in [6.45, 7) is 0. The third-order valence-electron chi connectivity index (χ3n) is 3.03. The number of ether oxygens (including phenoxy) is 2. The molecule has 0 saturated heterocycles. The van der Waals surface area contributed by atoms with Crippen LogP contribution in [-0.2, 0) is 4.79 Å². The Morgan fingerprint density at radius 1 is 1.04 bits per heavy atom. The molecule has 1 amide bonds. The zero-order valence-corrected chi connectivity index (χ0v) is 14.1. The Kier molecular flexibility index (Phi) is 5.90. The van der Waals surface area contributed by atoms with Crippen LogP contribution < -0.4 is 14.8 Å². The number of carbonyl (C=O) groups excluding carboxylic acids is 1. The molecule has 0 aliphatic carbocycles. The van der Waals surface area contributed by atoms with Gasteiger partial charge in [-0.1, -0.05) is 29.3 Å². The lowest BCUT2D eigenvalue weighted by Gasteiger charge is -2.09. The highest BCUT2D eigenvalue weighted by atomic mass is 35.5. The maximum absolute atomic E-state index is 12.0. The molecule has 0 fully saturated rings. The summed E-state index contributed by atoms with van der Waals surface area (Å²) in [6.07, 6.45) is 3.01. The first-order chi connectivity index (χ1) is 11.0. The molecular formula is C17H15Cl2NO3. The Labute approximate surface area is 144 Å². The number of amides is 1. The lowest BCUT2D eigenvalue weighted by molar-refractivity contribution is -0.111. The average Bonchev–Trinajstić information content (AvgIpc) is 2.54. The number of methoxy groups -OCH3 is 2. The van der Waals surface area contributed by atoms with Crippen LogP contribution in [0.2, 0.25) is 10.0 Å². The molecule has 0 aromatic heterocycles. The van der Waals surface area contributed by atoms with Gasteiger partial charge in [0.25, 0.3) is 0 Å². The number of anilines is 1. The normalized spacial score (nSPS) is 10.6. The van der Waals surface area contributed by atoms with Crippen LogP contribution in [0.4, 0.5) is 5.69 Å². The van der Waals surface area contributed by atoms with E-state index in [1.807, 2.05) is 0 Å². The van der Waals surface area contributed by atoms with Crippen LogP contribution in [0.1, 0.15) is 5.56 Å². The molecule has 0 aliphatic rings. The monoisotopic (exact) mass is 351 g/mol. The smallest absolute Gasteiger partial charge is 0.248 e. The summed E-state index contributed by atoms with van der Waals surface area (Å²) in [5.74, 6) is 0.840. The van der Waals surface area contributed by atoms with Crippen molar-refractivity contribution in [1.82, 2.24) is 0 Å². The summed E-state index contributed by atoms with van der Waals surface area (Å²) in [6, 6.07) is 10.2. The van der Waals surface area contributed by atoms with Crippen LogP contribution in [-0.4, -0.2) is 20.1 Å². The third kappa shape index (κ3) is 4.65. The van der Waals surface area contributed by atoms with E-state index in [1.54, 1.807) is 49.6 Å². The molecule has 0 aliphatic heterocycles. The van der Waals surface area contributed by atoms with Crippen LogP contribution >= 0.6 is 23.2 Å². The van der Waals surface area contributed by atoms with Gasteiger partial charge in [-0.2, -0.15) is 0 Å². The first-order valence-corrected chi connectivity index (χ1v) is 7.45. The van der Waals surface area contributed by atoms with E-state index < -0.39 is 0 Å². The first kappa shape index (κ1) is 17.2. The SMILES string of the molecule is COc1ccc(NC(=O)/C=C/c2ccc(Cl)cc2Cl)cc1OC. The second kappa shape index (κ2) is 7.90. The number of nitrogens with one attached hydrogen (secondary N) is 1. The second-order valence-electron chi connectivity index (χ2n) is 4.56. The van der Waals surface area contributed by atoms with E-state index in [9.17, 15) is 4.79 Å². The second-order valence-corrected chi connectivity index (χ2v) is 5.40. The van der Waals surface area contributed by atoms with Crippen LogP contribution in [0.5, 0.6) is 11.5 Å². The van der Waals surface area contributed by atoms with Gasteiger partial charge in [0.05, 0.1) is 14.2 Å². The highest BCUT2D eigenvalue weighted by Gasteiger charge is 2.06. The van der Waals surface area contributed by atoms with Gasteiger partial charge < -0.3 is 14.8 Å². The highest BCUT2D eigenvalue weighted by Crippen LogP contribution is 2.29. The molecule has 0 atom stereocenters. The Hall–Kier alpha value is -2.17. The van der Waals surface area contributed by atoms with Gasteiger partial charge in [-0.05, 0) is 35.9 Å². The number of hydrogen-bond acceptors (Lipinski definition) is 3. The van der Waals surface area contributed by atoms with Crippen molar-refractivity contribution in [3.8, 4) is 11.5 Å². The van der Waals surface area contributed by atoms with Crippen molar-refractivity contribution in [2.45, 2.75) is 0 Å². The summed E-state index contributed by atoms with van der Waals surface area (Å²) >= 11 is 11.9. The number of hydrogen-bond donors (Lipinski definition) is 1. The van der Waals surface area contributed by atoms with E-state index in [-0.39, 0.29) is 5.91 Å². The summed E-state index contributed by atoms with van der Waals surface area (Å²) in [5.41, 5.74) is 1.30. The molecular weight excluding hydrogens is 337 g/mol.